The molecule has 0 amide bonds. The van der Waals surface area contributed by atoms with Gasteiger partial charge in [0.05, 0.1) is 20.5 Å². The third kappa shape index (κ3) is 24.5. The molecule has 0 aliphatic rings. The zero-order valence-corrected chi connectivity index (χ0v) is 7.92. The second kappa shape index (κ2) is 14.2. The van der Waals surface area contributed by atoms with Gasteiger partial charge in [0.15, 0.2) is 6.67 Å². The molecule has 0 atom stereocenters. The van der Waals surface area contributed by atoms with Gasteiger partial charge in [0.25, 0.3) is 0 Å². The minimum Gasteiger partial charge on any atom is -0.319 e. The molecule has 0 radical (unpaired) electrons. The van der Waals surface area contributed by atoms with Crippen LogP contribution in [0.3, 0.4) is 0 Å². The quantitative estimate of drug-likeness (QED) is 0.650. The van der Waals surface area contributed by atoms with E-state index in [1.54, 1.807) is 0 Å². The maximum atomic E-state index is 11.6. The normalized spacial score (nSPS) is 9.23. The molecule has 0 saturated heterocycles. The fraction of sp³-hybridized carbons (Fsp3) is 1.00. The summed E-state index contributed by atoms with van der Waals surface area (Å²) in [6.07, 6.45) is -3.57. The average Bonchev–Trinajstić information content (AvgIpc) is 2.10. The Bertz CT molecular complexity index is 79.3. The lowest BCUT2D eigenvalue weighted by Gasteiger charge is -2.09. The minimum absolute atomic E-state index is 0.170. The van der Waals surface area contributed by atoms with Crippen molar-refractivity contribution in [2.75, 3.05) is 27.1 Å². The van der Waals surface area contributed by atoms with E-state index in [0.29, 0.717) is 7.18 Å². The third-order valence-electron chi connectivity index (χ3n) is 0.511. The van der Waals surface area contributed by atoms with Crippen LogP contribution in [-0.4, -0.2) is 33.2 Å². The van der Waals surface area contributed by atoms with Crippen LogP contribution in [0.2, 0.25) is 0 Å². The first-order valence-corrected chi connectivity index (χ1v) is 3.55. The summed E-state index contributed by atoms with van der Waals surface area (Å²) in [5.74, 6) is 0. The highest BCUT2D eigenvalue weighted by Crippen LogP contribution is 2.14. The van der Waals surface area contributed by atoms with Gasteiger partial charge in [-0.1, -0.05) is 0 Å². The summed E-state index contributed by atoms with van der Waals surface area (Å²) in [4.78, 5) is 0. The van der Waals surface area contributed by atoms with Gasteiger partial charge in [0, 0.05) is 0 Å². The van der Waals surface area contributed by atoms with Gasteiger partial charge < -0.3 is 4.74 Å². The van der Waals surface area contributed by atoms with E-state index in [1.165, 1.54) is 13.8 Å². The maximum absolute atomic E-state index is 11.6. The van der Waals surface area contributed by atoms with Crippen LogP contribution in [-0.2, 0) is 4.74 Å². The molecule has 0 spiro atoms. The Morgan fingerprint density at radius 1 is 1.08 bits per heavy atom. The van der Waals surface area contributed by atoms with E-state index in [0.717, 1.165) is 0 Å². The van der Waals surface area contributed by atoms with E-state index in [9.17, 15) is 22.0 Å². The van der Waals surface area contributed by atoms with Crippen LogP contribution in [0.1, 0.15) is 13.8 Å². The highest BCUT2D eigenvalue weighted by atomic mass is 19.3. The summed E-state index contributed by atoms with van der Waals surface area (Å²) < 4.78 is 57.7. The zero-order chi connectivity index (χ0) is 11.3. The Labute approximate surface area is 74.9 Å². The predicted octanol–water partition coefficient (Wildman–Crippen LogP) is 3.15. The highest BCUT2D eigenvalue weighted by Gasteiger charge is 2.28. The SMILES string of the molecule is CCF.CCOC(F)(F)CF.CF. The molecule has 0 aliphatic carbocycles. The molecular formula is C7H15F5O. The van der Waals surface area contributed by atoms with E-state index < -0.39 is 12.8 Å². The van der Waals surface area contributed by atoms with Crippen LogP contribution >= 0.6 is 0 Å². The van der Waals surface area contributed by atoms with Crippen molar-refractivity contribution >= 4 is 0 Å². The van der Waals surface area contributed by atoms with Gasteiger partial charge in [0.2, 0.25) is 0 Å². The summed E-state index contributed by atoms with van der Waals surface area (Å²) in [5, 5.41) is 0. The zero-order valence-electron chi connectivity index (χ0n) is 7.92. The van der Waals surface area contributed by atoms with E-state index in [1.807, 2.05) is 0 Å². The van der Waals surface area contributed by atoms with Crippen molar-refractivity contribution in [1.82, 2.24) is 0 Å². The minimum atomic E-state index is -3.57. The molecule has 0 aromatic carbocycles. The number of hydrogen-bond donors (Lipinski definition) is 0. The molecule has 0 unspecified atom stereocenters. The van der Waals surface area contributed by atoms with Crippen molar-refractivity contribution in [3.05, 3.63) is 0 Å². The molecule has 84 valence electrons. The Hall–Kier alpha value is -0.390. The lowest BCUT2D eigenvalue weighted by atomic mass is 10.7. The molecule has 0 aromatic heterocycles. The van der Waals surface area contributed by atoms with Crippen LogP contribution < -0.4 is 0 Å². The molecule has 1 nitrogen and oxygen atoms in total. The van der Waals surface area contributed by atoms with Crippen molar-refractivity contribution in [3.8, 4) is 0 Å². The van der Waals surface area contributed by atoms with E-state index in [4.69, 9.17) is 0 Å². The number of ether oxygens (including phenoxy) is 1. The fourth-order valence-electron chi connectivity index (χ4n) is 0.250. The Kier molecular flexibility index (Phi) is 20.0. The van der Waals surface area contributed by atoms with Gasteiger partial charge in [-0.15, -0.1) is 0 Å². The van der Waals surface area contributed by atoms with E-state index >= 15 is 0 Å². The third-order valence-corrected chi connectivity index (χ3v) is 0.511. The number of halogens is 5. The fourth-order valence-corrected chi connectivity index (χ4v) is 0.250. The molecule has 6 heteroatoms. The van der Waals surface area contributed by atoms with Crippen molar-refractivity contribution in [2.45, 2.75) is 20.0 Å². The van der Waals surface area contributed by atoms with Gasteiger partial charge in [-0.05, 0) is 13.8 Å². The predicted molar refractivity (Wildman–Crippen MR) is 41.2 cm³/mol. The summed E-state index contributed by atoms with van der Waals surface area (Å²) in [5.41, 5.74) is 0. The Balaban J connectivity index is -0.000000169. The Morgan fingerprint density at radius 3 is 1.46 bits per heavy atom. The molecule has 0 aliphatic heterocycles. The topological polar surface area (TPSA) is 9.23 Å². The van der Waals surface area contributed by atoms with Crippen molar-refractivity contribution in [1.29, 1.82) is 0 Å². The standard InChI is InChI=1S/C4H7F3O.C2H5F.CH3F/c1-2-8-4(6,7)3-5;1-2-3;1-2/h2-3H2,1H3;2H2,1H3;1H3. The van der Waals surface area contributed by atoms with Gasteiger partial charge in [-0.2, -0.15) is 8.78 Å². The van der Waals surface area contributed by atoms with Gasteiger partial charge in [0.1, 0.15) is 0 Å². The largest absolute Gasteiger partial charge is 0.384 e. The molecular weight excluding hydrogens is 195 g/mol. The van der Waals surface area contributed by atoms with Gasteiger partial charge >= 0.3 is 6.11 Å². The lowest BCUT2D eigenvalue weighted by molar-refractivity contribution is -0.243. The van der Waals surface area contributed by atoms with Crippen molar-refractivity contribution < 1.29 is 26.7 Å². The first-order valence-electron chi connectivity index (χ1n) is 3.55. The smallest absolute Gasteiger partial charge is 0.319 e. The summed E-state index contributed by atoms with van der Waals surface area (Å²) >= 11 is 0. The molecule has 0 aromatic rings. The Morgan fingerprint density at radius 2 is 1.38 bits per heavy atom. The van der Waals surface area contributed by atoms with Gasteiger partial charge in [-0.3, -0.25) is 8.78 Å². The molecule has 0 heterocycles. The second-order valence-corrected chi connectivity index (χ2v) is 1.47. The molecule has 0 rings (SSSR count). The van der Waals surface area contributed by atoms with Crippen LogP contribution in [0.5, 0.6) is 0 Å². The average molecular weight is 210 g/mol. The number of alkyl halides is 5. The van der Waals surface area contributed by atoms with Gasteiger partial charge in [-0.25, -0.2) is 4.39 Å². The second-order valence-electron chi connectivity index (χ2n) is 1.47. The molecule has 0 saturated carbocycles. The highest BCUT2D eigenvalue weighted by molar-refractivity contribution is 4.45. The molecule has 13 heavy (non-hydrogen) atoms. The molecule has 0 bridgehead atoms. The van der Waals surface area contributed by atoms with Crippen LogP contribution in [0, 0.1) is 0 Å². The monoisotopic (exact) mass is 210 g/mol. The summed E-state index contributed by atoms with van der Waals surface area (Å²) in [6, 6.07) is 0. The van der Waals surface area contributed by atoms with Crippen LogP contribution in [0.25, 0.3) is 0 Å². The number of hydrogen-bond acceptors (Lipinski definition) is 1. The van der Waals surface area contributed by atoms with Crippen molar-refractivity contribution in [3.63, 3.8) is 0 Å². The maximum Gasteiger partial charge on any atom is 0.384 e. The summed E-state index contributed by atoms with van der Waals surface area (Å²) in [6.45, 7) is 0.668. The van der Waals surface area contributed by atoms with Crippen molar-refractivity contribution in [2.24, 2.45) is 0 Å². The number of rotatable bonds is 3. The summed E-state index contributed by atoms with van der Waals surface area (Å²) in [7, 11) is 0.500. The molecule has 0 N–H and O–H groups in total. The lowest BCUT2D eigenvalue weighted by Crippen LogP contribution is -2.22. The van der Waals surface area contributed by atoms with Crippen LogP contribution in [0.15, 0.2) is 0 Å². The first kappa shape index (κ1) is 18.4. The van der Waals surface area contributed by atoms with E-state index in [-0.39, 0.29) is 13.3 Å². The molecule has 0 fully saturated rings. The van der Waals surface area contributed by atoms with Crippen LogP contribution in [0.4, 0.5) is 22.0 Å². The van der Waals surface area contributed by atoms with E-state index in [2.05, 4.69) is 4.74 Å². The first-order chi connectivity index (χ1) is 6.04.